The molecule has 0 fully saturated rings. The van der Waals surface area contributed by atoms with Crippen LogP contribution in [0.1, 0.15) is 16.7 Å². The molecule has 4 nitrogen and oxygen atoms in total. The first-order valence-corrected chi connectivity index (χ1v) is 11.5. The van der Waals surface area contributed by atoms with E-state index in [9.17, 15) is 0 Å². The van der Waals surface area contributed by atoms with Crippen molar-refractivity contribution in [1.82, 2.24) is 9.55 Å². The molecule has 4 aromatic carbocycles. The van der Waals surface area contributed by atoms with Crippen molar-refractivity contribution in [2.45, 2.75) is 20.8 Å². The quantitative estimate of drug-likeness (QED) is 0.271. The molecule has 0 atom stereocenters. The Bertz CT molecular complexity index is 1900. The van der Waals surface area contributed by atoms with E-state index >= 15 is 0 Å². The number of hydrogen-bond acceptors (Lipinski definition) is 3. The molecular formula is C30H22N2O2. The molecule has 0 amide bonds. The van der Waals surface area contributed by atoms with E-state index in [1.165, 1.54) is 11.1 Å². The highest BCUT2D eigenvalue weighted by molar-refractivity contribution is 6.09. The van der Waals surface area contributed by atoms with Gasteiger partial charge in [0.2, 0.25) is 0 Å². The summed E-state index contributed by atoms with van der Waals surface area (Å²) >= 11 is 0. The van der Waals surface area contributed by atoms with Crippen molar-refractivity contribution in [3.63, 3.8) is 0 Å². The zero-order valence-electron chi connectivity index (χ0n) is 19.2. The molecule has 164 valence electrons. The normalized spacial score (nSPS) is 12.0. The van der Waals surface area contributed by atoms with E-state index < -0.39 is 0 Å². The van der Waals surface area contributed by atoms with Crippen LogP contribution in [0.15, 0.2) is 88.0 Å². The number of rotatable bonds is 2. The summed E-state index contributed by atoms with van der Waals surface area (Å²) in [6, 6.07) is 23.0. The first-order chi connectivity index (χ1) is 16.6. The van der Waals surface area contributed by atoms with Crippen molar-refractivity contribution in [2.75, 3.05) is 0 Å². The van der Waals surface area contributed by atoms with Crippen LogP contribution in [0.5, 0.6) is 0 Å². The Hall–Kier alpha value is -4.31. The van der Waals surface area contributed by atoms with Gasteiger partial charge in [0.25, 0.3) is 0 Å². The first-order valence-electron chi connectivity index (χ1n) is 11.5. The smallest absolute Gasteiger partial charge is 0.148 e. The van der Waals surface area contributed by atoms with Gasteiger partial charge in [-0.3, -0.25) is 4.57 Å². The molecule has 0 N–H and O–H groups in total. The third kappa shape index (κ3) is 2.57. The topological polar surface area (TPSA) is 44.1 Å². The number of nitrogens with zero attached hydrogens (tertiary/aromatic N) is 2. The highest BCUT2D eigenvalue weighted by atomic mass is 16.3. The number of aromatic nitrogens is 2. The van der Waals surface area contributed by atoms with Gasteiger partial charge < -0.3 is 8.83 Å². The fourth-order valence-electron chi connectivity index (χ4n) is 5.31. The second-order valence-electron chi connectivity index (χ2n) is 9.05. The number of hydrogen-bond donors (Lipinski definition) is 0. The summed E-state index contributed by atoms with van der Waals surface area (Å²) in [7, 11) is 0. The van der Waals surface area contributed by atoms with Crippen LogP contribution in [-0.4, -0.2) is 9.55 Å². The molecule has 0 bridgehead atoms. The molecule has 34 heavy (non-hydrogen) atoms. The van der Waals surface area contributed by atoms with Crippen molar-refractivity contribution in [3.05, 3.63) is 95.8 Å². The van der Waals surface area contributed by atoms with Gasteiger partial charge in [0, 0.05) is 39.5 Å². The number of para-hydroxylation sites is 2. The monoisotopic (exact) mass is 442 g/mol. The molecule has 0 spiro atoms. The summed E-state index contributed by atoms with van der Waals surface area (Å²) in [5.74, 6) is 0.849. The van der Waals surface area contributed by atoms with E-state index in [-0.39, 0.29) is 0 Å². The molecule has 0 aliphatic rings. The van der Waals surface area contributed by atoms with Crippen molar-refractivity contribution in [1.29, 1.82) is 0 Å². The van der Waals surface area contributed by atoms with Gasteiger partial charge in [-0.2, -0.15) is 0 Å². The van der Waals surface area contributed by atoms with Crippen LogP contribution in [0.25, 0.3) is 61.0 Å². The third-order valence-corrected chi connectivity index (χ3v) is 6.84. The molecule has 0 radical (unpaired) electrons. The third-order valence-electron chi connectivity index (χ3n) is 6.84. The lowest BCUT2D eigenvalue weighted by Crippen LogP contribution is -2.02. The maximum atomic E-state index is 6.36. The fourth-order valence-corrected chi connectivity index (χ4v) is 5.31. The number of furan rings is 2. The van der Waals surface area contributed by atoms with E-state index in [4.69, 9.17) is 13.8 Å². The van der Waals surface area contributed by atoms with Gasteiger partial charge in [0.1, 0.15) is 28.2 Å². The summed E-state index contributed by atoms with van der Waals surface area (Å²) in [5.41, 5.74) is 9.10. The molecule has 7 rings (SSSR count). The Balaban J connectivity index is 1.50. The molecule has 0 unspecified atom stereocenters. The van der Waals surface area contributed by atoms with Crippen LogP contribution in [-0.2, 0) is 0 Å². The Labute approximate surface area is 196 Å². The molecule has 0 saturated heterocycles. The van der Waals surface area contributed by atoms with E-state index in [0.29, 0.717) is 0 Å². The minimum Gasteiger partial charge on any atom is -0.456 e. The van der Waals surface area contributed by atoms with Crippen LogP contribution >= 0.6 is 0 Å². The van der Waals surface area contributed by atoms with Crippen molar-refractivity contribution < 1.29 is 8.83 Å². The molecule has 0 saturated carbocycles. The highest BCUT2D eigenvalue weighted by Gasteiger charge is 2.20. The zero-order chi connectivity index (χ0) is 23.0. The molecule has 3 aromatic heterocycles. The van der Waals surface area contributed by atoms with Crippen molar-refractivity contribution in [2.24, 2.45) is 0 Å². The van der Waals surface area contributed by atoms with Crippen LogP contribution in [0.3, 0.4) is 0 Å². The fraction of sp³-hybridized carbons (Fsp3) is 0.100. The van der Waals surface area contributed by atoms with E-state index in [1.54, 1.807) is 0 Å². The minimum absolute atomic E-state index is 0.849. The summed E-state index contributed by atoms with van der Waals surface area (Å²) in [4.78, 5) is 4.77. The van der Waals surface area contributed by atoms with Gasteiger partial charge >= 0.3 is 0 Å². The largest absolute Gasteiger partial charge is 0.456 e. The lowest BCUT2D eigenvalue weighted by molar-refractivity contribution is 0.664. The lowest BCUT2D eigenvalue weighted by Gasteiger charge is -2.15. The second-order valence-corrected chi connectivity index (χ2v) is 9.05. The Morgan fingerprint density at radius 2 is 1.50 bits per heavy atom. The van der Waals surface area contributed by atoms with Gasteiger partial charge in [-0.05, 0) is 56.2 Å². The number of benzene rings is 4. The molecule has 7 aromatic rings. The highest BCUT2D eigenvalue weighted by Crippen LogP contribution is 2.39. The Morgan fingerprint density at radius 3 is 2.41 bits per heavy atom. The van der Waals surface area contributed by atoms with Crippen molar-refractivity contribution >= 4 is 43.9 Å². The average Bonchev–Trinajstić information content (AvgIpc) is 3.54. The van der Waals surface area contributed by atoms with Gasteiger partial charge in [0.15, 0.2) is 0 Å². The number of aryl methyl sites for hydroxylation is 3. The van der Waals surface area contributed by atoms with Gasteiger partial charge in [0.05, 0.1) is 11.3 Å². The molecule has 0 aliphatic heterocycles. The summed E-state index contributed by atoms with van der Waals surface area (Å²) in [5, 5.41) is 4.51. The van der Waals surface area contributed by atoms with Crippen molar-refractivity contribution in [3.8, 4) is 17.1 Å². The van der Waals surface area contributed by atoms with Gasteiger partial charge in [-0.1, -0.05) is 42.5 Å². The van der Waals surface area contributed by atoms with E-state index in [0.717, 1.165) is 66.5 Å². The molecule has 4 heteroatoms. The average molecular weight is 443 g/mol. The zero-order valence-corrected chi connectivity index (χ0v) is 19.2. The van der Waals surface area contributed by atoms with Crippen LogP contribution in [0.2, 0.25) is 0 Å². The first kappa shape index (κ1) is 19.2. The van der Waals surface area contributed by atoms with E-state index in [1.807, 2.05) is 30.6 Å². The number of imidazole rings is 1. The lowest BCUT2D eigenvalue weighted by atomic mass is 10.0. The summed E-state index contributed by atoms with van der Waals surface area (Å²) in [6.07, 6.45) is 3.87. The van der Waals surface area contributed by atoms with Gasteiger partial charge in [-0.15, -0.1) is 0 Å². The SMILES string of the molecule is Cc1ccc2c(c1)oc1c(C)c(-n3ccnc3-c3cccc4c3oc3ccccc34)c(C)cc12. The summed E-state index contributed by atoms with van der Waals surface area (Å²) < 4.78 is 14.8. The predicted octanol–water partition coefficient (Wildman–Crippen LogP) is 8.26. The van der Waals surface area contributed by atoms with E-state index in [2.05, 4.69) is 73.9 Å². The predicted molar refractivity (Wildman–Crippen MR) is 138 cm³/mol. The maximum Gasteiger partial charge on any atom is 0.148 e. The maximum absolute atomic E-state index is 6.36. The van der Waals surface area contributed by atoms with Crippen LogP contribution in [0, 0.1) is 20.8 Å². The molecule has 3 heterocycles. The summed E-state index contributed by atoms with van der Waals surface area (Å²) in [6.45, 7) is 6.37. The van der Waals surface area contributed by atoms with Crippen LogP contribution in [0.4, 0.5) is 0 Å². The molecule has 0 aliphatic carbocycles. The Morgan fingerprint density at radius 1 is 0.706 bits per heavy atom. The second kappa shape index (κ2) is 6.84. The standard InChI is InChI=1S/C30H22N2O2/c1-17-11-12-21-24-16-18(2)27(19(3)28(24)34-26(21)15-17)32-14-13-31-30(32)23-9-6-8-22-20-7-4-5-10-25(20)33-29(22)23/h4-16H,1-3H3. The molecular weight excluding hydrogens is 420 g/mol. The van der Waals surface area contributed by atoms with Gasteiger partial charge in [-0.25, -0.2) is 4.98 Å². The number of fused-ring (bicyclic) bond motifs is 6. The minimum atomic E-state index is 0.849. The Kier molecular flexibility index (Phi) is 3.86. The van der Waals surface area contributed by atoms with Crippen LogP contribution < -0.4 is 0 Å².